The van der Waals surface area contributed by atoms with Gasteiger partial charge in [-0.15, -0.1) is 0 Å². The van der Waals surface area contributed by atoms with Crippen LogP contribution in [0.15, 0.2) is 34.1 Å². The second-order valence-corrected chi connectivity index (χ2v) is 11.1. The number of carboxylic acid groups (broad SMARTS) is 1. The Morgan fingerprint density at radius 3 is 2.61 bits per heavy atom. The number of aryl methyl sites for hydroxylation is 2. The molecule has 10 nitrogen and oxygen atoms in total. The van der Waals surface area contributed by atoms with Gasteiger partial charge in [0.25, 0.3) is 5.56 Å². The lowest BCUT2D eigenvalue weighted by molar-refractivity contribution is -0.138. The summed E-state index contributed by atoms with van der Waals surface area (Å²) in [5, 5.41) is 9.04. The molecule has 0 amide bonds. The largest absolute Gasteiger partial charge is 0.493 e. The number of hydrogen-bond acceptors (Lipinski definition) is 6. The summed E-state index contributed by atoms with van der Waals surface area (Å²) in [7, 11) is -2.03. The number of ether oxygens (including phenoxy) is 1. The van der Waals surface area contributed by atoms with E-state index >= 15 is 0 Å². The van der Waals surface area contributed by atoms with Crippen molar-refractivity contribution in [3.05, 3.63) is 40.3 Å². The van der Waals surface area contributed by atoms with Crippen LogP contribution in [0.4, 0.5) is 0 Å². The zero-order valence-electron chi connectivity index (χ0n) is 20.8. The van der Waals surface area contributed by atoms with Crippen LogP contribution in [0.1, 0.15) is 45.1 Å². The minimum atomic E-state index is -3.83. The Kier molecular flexibility index (Phi) is 7.51. The highest BCUT2D eigenvalue weighted by Gasteiger charge is 2.31. The van der Waals surface area contributed by atoms with E-state index in [-0.39, 0.29) is 41.7 Å². The van der Waals surface area contributed by atoms with Crippen molar-refractivity contribution in [1.82, 2.24) is 18.8 Å². The Labute approximate surface area is 210 Å². The summed E-state index contributed by atoms with van der Waals surface area (Å²) in [6, 6.07) is 4.58. The third kappa shape index (κ3) is 5.03. The molecule has 1 aromatic carbocycles. The molecule has 3 heterocycles. The van der Waals surface area contributed by atoms with Gasteiger partial charge in [0.2, 0.25) is 10.0 Å². The molecule has 0 bridgehead atoms. The first kappa shape index (κ1) is 25.9. The Bertz CT molecular complexity index is 1430. The highest BCUT2D eigenvalue weighted by atomic mass is 32.2. The highest BCUT2D eigenvalue weighted by molar-refractivity contribution is 7.89. The number of fused-ring (bicyclic) bond motifs is 1. The number of hydrogen-bond donors (Lipinski definition) is 2. The average Bonchev–Trinajstić information content (AvgIpc) is 3.15. The molecule has 0 unspecified atom stereocenters. The van der Waals surface area contributed by atoms with Gasteiger partial charge < -0.3 is 19.4 Å². The molecule has 1 saturated heterocycles. The van der Waals surface area contributed by atoms with Crippen molar-refractivity contribution in [1.29, 1.82) is 0 Å². The van der Waals surface area contributed by atoms with E-state index in [9.17, 15) is 18.0 Å². The fourth-order valence-corrected chi connectivity index (χ4v) is 6.34. The SMILES string of the molecule is CCCc1cn(C)c2c(=O)[nH]c(-c3cc(S(=O)(=O)N4CCC(CC(=O)O)CC4)ccc3OCC)nc12. The predicted molar refractivity (Wildman–Crippen MR) is 136 cm³/mol. The van der Waals surface area contributed by atoms with Gasteiger partial charge in [0, 0.05) is 32.8 Å². The standard InChI is InChI=1S/C25H32N4O6S/c1-4-6-17-15-28(3)23-22(17)26-24(27-25(23)32)19-14-18(7-8-20(19)35-5-2)36(33,34)29-11-9-16(10-12-29)13-21(30)31/h7-8,14-16H,4-6,9-13H2,1-3H3,(H,30,31)(H,26,27,32). The molecule has 36 heavy (non-hydrogen) atoms. The first-order chi connectivity index (χ1) is 17.1. The number of nitrogens with one attached hydrogen (secondary N) is 1. The van der Waals surface area contributed by atoms with Gasteiger partial charge in [0.15, 0.2) is 0 Å². The summed E-state index contributed by atoms with van der Waals surface area (Å²) in [4.78, 5) is 31.6. The third-order valence-corrected chi connectivity index (χ3v) is 8.50. The van der Waals surface area contributed by atoms with E-state index in [0.717, 1.165) is 18.4 Å². The molecule has 11 heteroatoms. The topological polar surface area (TPSA) is 135 Å². The summed E-state index contributed by atoms with van der Waals surface area (Å²) in [6.07, 6.45) is 4.59. The molecule has 1 aliphatic heterocycles. The number of nitrogens with zero attached hydrogens (tertiary/aromatic N) is 3. The molecule has 0 aliphatic carbocycles. The normalized spacial score (nSPS) is 15.4. The van der Waals surface area contributed by atoms with Crippen molar-refractivity contribution in [2.45, 2.75) is 50.8 Å². The van der Waals surface area contributed by atoms with E-state index in [1.807, 2.05) is 13.1 Å². The van der Waals surface area contributed by atoms with Gasteiger partial charge in [-0.05, 0) is 55.9 Å². The molecular weight excluding hydrogens is 484 g/mol. The van der Waals surface area contributed by atoms with E-state index in [0.29, 0.717) is 41.8 Å². The number of aromatic nitrogens is 3. The number of carboxylic acids is 1. The van der Waals surface area contributed by atoms with Crippen molar-refractivity contribution >= 4 is 27.0 Å². The molecule has 0 atom stereocenters. The van der Waals surface area contributed by atoms with E-state index in [2.05, 4.69) is 11.9 Å². The van der Waals surface area contributed by atoms with Gasteiger partial charge in [0.1, 0.15) is 17.1 Å². The number of rotatable bonds is 9. The lowest BCUT2D eigenvalue weighted by Gasteiger charge is -2.30. The maximum Gasteiger partial charge on any atom is 0.303 e. The van der Waals surface area contributed by atoms with Crippen LogP contribution in [0.2, 0.25) is 0 Å². The number of piperidine rings is 1. The molecular formula is C25H32N4O6S. The van der Waals surface area contributed by atoms with Crippen molar-refractivity contribution in [2.75, 3.05) is 19.7 Å². The van der Waals surface area contributed by atoms with Crippen LogP contribution in [0.5, 0.6) is 5.75 Å². The zero-order valence-corrected chi connectivity index (χ0v) is 21.6. The summed E-state index contributed by atoms with van der Waals surface area (Å²) < 4.78 is 35.8. The number of carbonyl (C=O) groups is 1. The molecule has 3 aromatic rings. The Morgan fingerprint density at radius 1 is 1.25 bits per heavy atom. The molecule has 0 radical (unpaired) electrons. The van der Waals surface area contributed by atoms with Crippen LogP contribution in [-0.2, 0) is 28.3 Å². The van der Waals surface area contributed by atoms with Gasteiger partial charge in [-0.3, -0.25) is 9.59 Å². The Balaban J connectivity index is 1.75. The maximum atomic E-state index is 13.5. The first-order valence-electron chi connectivity index (χ1n) is 12.2. The van der Waals surface area contributed by atoms with E-state index in [1.54, 1.807) is 17.7 Å². The minimum absolute atomic E-state index is 0.0333. The monoisotopic (exact) mass is 516 g/mol. The van der Waals surface area contributed by atoms with Crippen molar-refractivity contribution < 1.29 is 23.1 Å². The summed E-state index contributed by atoms with van der Waals surface area (Å²) in [5.41, 5.74) is 2.09. The van der Waals surface area contributed by atoms with Crippen molar-refractivity contribution in [3.63, 3.8) is 0 Å². The van der Waals surface area contributed by atoms with E-state index < -0.39 is 16.0 Å². The lowest BCUT2D eigenvalue weighted by Crippen LogP contribution is -2.38. The maximum absolute atomic E-state index is 13.5. The van der Waals surface area contributed by atoms with E-state index in [4.69, 9.17) is 14.8 Å². The first-order valence-corrected chi connectivity index (χ1v) is 13.7. The number of benzene rings is 1. The molecule has 2 aromatic heterocycles. The molecule has 0 saturated carbocycles. The van der Waals surface area contributed by atoms with Crippen LogP contribution < -0.4 is 10.3 Å². The van der Waals surface area contributed by atoms with Gasteiger partial charge in [-0.2, -0.15) is 4.31 Å². The summed E-state index contributed by atoms with van der Waals surface area (Å²) in [5.74, 6) is -0.232. The second-order valence-electron chi connectivity index (χ2n) is 9.16. The molecule has 1 fully saturated rings. The lowest BCUT2D eigenvalue weighted by atomic mass is 9.95. The second kappa shape index (κ2) is 10.4. The Hall–Kier alpha value is -3.18. The van der Waals surface area contributed by atoms with Crippen LogP contribution in [0.3, 0.4) is 0 Å². The molecule has 1 aliphatic rings. The number of aliphatic carboxylic acids is 1. The van der Waals surface area contributed by atoms with Gasteiger partial charge in [-0.25, -0.2) is 13.4 Å². The third-order valence-electron chi connectivity index (χ3n) is 6.60. The van der Waals surface area contributed by atoms with Crippen LogP contribution >= 0.6 is 0 Å². The molecule has 0 spiro atoms. The van der Waals surface area contributed by atoms with Gasteiger partial charge in [-0.1, -0.05) is 13.3 Å². The smallest absolute Gasteiger partial charge is 0.303 e. The van der Waals surface area contributed by atoms with E-state index in [1.165, 1.54) is 16.4 Å². The zero-order chi connectivity index (χ0) is 26.0. The highest BCUT2D eigenvalue weighted by Crippen LogP contribution is 2.33. The van der Waals surface area contributed by atoms with Gasteiger partial charge >= 0.3 is 5.97 Å². The van der Waals surface area contributed by atoms with Crippen LogP contribution in [0, 0.1) is 5.92 Å². The molecule has 4 rings (SSSR count). The molecule has 2 N–H and O–H groups in total. The summed E-state index contributed by atoms with van der Waals surface area (Å²) >= 11 is 0. The average molecular weight is 517 g/mol. The fourth-order valence-electron chi connectivity index (χ4n) is 4.84. The fraction of sp³-hybridized carbons (Fsp3) is 0.480. The minimum Gasteiger partial charge on any atom is -0.493 e. The van der Waals surface area contributed by atoms with Gasteiger partial charge in [0.05, 0.1) is 22.6 Å². The number of aromatic amines is 1. The number of sulfonamides is 1. The summed E-state index contributed by atoms with van der Waals surface area (Å²) in [6.45, 7) is 4.75. The molecule has 194 valence electrons. The predicted octanol–water partition coefficient (Wildman–Crippen LogP) is 3.16. The van der Waals surface area contributed by atoms with Crippen molar-refractivity contribution in [3.8, 4) is 17.1 Å². The Morgan fingerprint density at radius 2 is 1.97 bits per heavy atom. The quantitative estimate of drug-likeness (QED) is 0.446. The number of H-pyrrole nitrogens is 1. The van der Waals surface area contributed by atoms with Crippen LogP contribution in [-0.4, -0.2) is 58.0 Å². The van der Waals surface area contributed by atoms with Crippen molar-refractivity contribution in [2.24, 2.45) is 13.0 Å². The van der Waals surface area contributed by atoms with Crippen LogP contribution in [0.25, 0.3) is 22.4 Å².